The zero-order valence-corrected chi connectivity index (χ0v) is 16.0. The number of rotatable bonds is 4. The van der Waals surface area contributed by atoms with Crippen LogP contribution in [0.4, 0.5) is 24.7 Å². The maximum atomic E-state index is 13.3. The fraction of sp³-hybridized carbons (Fsp3) is 0.130. The second-order valence-electron chi connectivity index (χ2n) is 6.98. The third kappa shape index (κ3) is 4.05. The molecule has 4 aromatic rings. The van der Waals surface area contributed by atoms with Crippen molar-refractivity contribution in [3.8, 4) is 5.75 Å². The van der Waals surface area contributed by atoms with Crippen molar-refractivity contribution < 1.29 is 18.3 Å². The quantitative estimate of drug-likeness (QED) is 0.434. The summed E-state index contributed by atoms with van der Waals surface area (Å²) in [5.41, 5.74) is 1.89. The van der Waals surface area contributed by atoms with E-state index < -0.39 is 11.7 Å². The normalized spacial score (nSPS) is 11.6. The van der Waals surface area contributed by atoms with Gasteiger partial charge >= 0.3 is 6.18 Å². The fourth-order valence-electron chi connectivity index (χ4n) is 3.29. The molecule has 0 unspecified atom stereocenters. The number of phenolic OH excluding ortho intramolecular Hbond substituents is 1. The molecule has 0 bridgehead atoms. The fourth-order valence-corrected chi connectivity index (χ4v) is 3.29. The number of hydrogen-bond donors (Lipinski definition) is 2. The van der Waals surface area contributed by atoms with Gasteiger partial charge in [0, 0.05) is 34.9 Å². The van der Waals surface area contributed by atoms with Crippen LogP contribution in [0.1, 0.15) is 22.4 Å². The van der Waals surface area contributed by atoms with Crippen LogP contribution in [-0.4, -0.2) is 15.1 Å². The molecule has 0 aliphatic carbocycles. The Morgan fingerprint density at radius 3 is 2.53 bits per heavy atom. The van der Waals surface area contributed by atoms with Crippen molar-refractivity contribution in [2.75, 3.05) is 5.32 Å². The van der Waals surface area contributed by atoms with Crippen LogP contribution in [0, 0.1) is 6.92 Å². The first-order chi connectivity index (χ1) is 14.3. The van der Waals surface area contributed by atoms with E-state index in [4.69, 9.17) is 0 Å². The third-order valence-corrected chi connectivity index (χ3v) is 4.80. The van der Waals surface area contributed by atoms with Crippen LogP contribution >= 0.6 is 0 Å². The van der Waals surface area contributed by atoms with Gasteiger partial charge in [-0.25, -0.2) is 4.98 Å². The van der Waals surface area contributed by atoms with Crippen molar-refractivity contribution >= 4 is 22.4 Å². The number of fused-ring (bicyclic) bond motifs is 1. The smallest absolute Gasteiger partial charge is 0.416 e. The van der Waals surface area contributed by atoms with E-state index in [2.05, 4.69) is 15.3 Å². The molecular formula is C23H18F3N3O. The molecule has 0 spiro atoms. The van der Waals surface area contributed by atoms with Gasteiger partial charge in [0.25, 0.3) is 0 Å². The summed E-state index contributed by atoms with van der Waals surface area (Å²) >= 11 is 0. The zero-order chi connectivity index (χ0) is 21.3. The van der Waals surface area contributed by atoms with Gasteiger partial charge in [0.2, 0.25) is 0 Å². The van der Waals surface area contributed by atoms with Gasteiger partial charge in [-0.05, 0) is 42.8 Å². The van der Waals surface area contributed by atoms with Gasteiger partial charge in [-0.3, -0.25) is 4.98 Å². The summed E-state index contributed by atoms with van der Waals surface area (Å²) in [6.45, 7) is 1.80. The number of aromatic hydroxyl groups is 1. The second-order valence-corrected chi connectivity index (χ2v) is 6.98. The van der Waals surface area contributed by atoms with Crippen LogP contribution < -0.4 is 5.32 Å². The lowest BCUT2D eigenvalue weighted by atomic mass is 9.99. The number of nitrogens with one attached hydrogen (secondary N) is 1. The molecule has 0 radical (unpaired) electrons. The average molecular weight is 409 g/mol. The van der Waals surface area contributed by atoms with E-state index in [0.29, 0.717) is 22.5 Å². The SMILES string of the molecule is Cc1cccc(Nc2cc(C(F)(F)F)ccc2Cc2ccc3cccnc3c2O)n1. The first-order valence-corrected chi connectivity index (χ1v) is 9.27. The van der Waals surface area contributed by atoms with Crippen molar-refractivity contribution in [2.24, 2.45) is 0 Å². The molecular weight excluding hydrogens is 391 g/mol. The number of hydrogen-bond acceptors (Lipinski definition) is 4. The topological polar surface area (TPSA) is 58.0 Å². The van der Waals surface area contributed by atoms with Crippen LogP contribution in [0.3, 0.4) is 0 Å². The maximum Gasteiger partial charge on any atom is 0.416 e. The van der Waals surface area contributed by atoms with E-state index in [0.717, 1.165) is 23.2 Å². The van der Waals surface area contributed by atoms with Crippen molar-refractivity contribution in [3.63, 3.8) is 0 Å². The summed E-state index contributed by atoms with van der Waals surface area (Å²) in [5.74, 6) is 0.465. The lowest BCUT2D eigenvalue weighted by Gasteiger charge is -2.16. The number of anilines is 2. The Morgan fingerprint density at radius 2 is 1.77 bits per heavy atom. The van der Waals surface area contributed by atoms with Crippen LogP contribution in [-0.2, 0) is 12.6 Å². The number of pyridine rings is 2. The molecule has 0 atom stereocenters. The molecule has 7 heteroatoms. The number of benzene rings is 2. The predicted octanol–water partition coefficient (Wildman–Crippen LogP) is 6.00. The van der Waals surface area contributed by atoms with Crippen LogP contribution in [0.15, 0.2) is 66.9 Å². The molecule has 2 heterocycles. The lowest BCUT2D eigenvalue weighted by Crippen LogP contribution is -2.07. The highest BCUT2D eigenvalue weighted by Crippen LogP contribution is 2.35. The Labute approximate surface area is 171 Å². The van der Waals surface area contributed by atoms with Gasteiger partial charge < -0.3 is 10.4 Å². The molecule has 0 aliphatic heterocycles. The number of aromatic nitrogens is 2. The second kappa shape index (κ2) is 7.67. The van der Waals surface area contributed by atoms with Gasteiger partial charge in [-0.1, -0.05) is 30.3 Å². The van der Waals surface area contributed by atoms with E-state index in [-0.39, 0.29) is 17.9 Å². The lowest BCUT2D eigenvalue weighted by molar-refractivity contribution is -0.137. The highest BCUT2D eigenvalue weighted by molar-refractivity contribution is 5.85. The molecule has 30 heavy (non-hydrogen) atoms. The summed E-state index contributed by atoms with van der Waals surface area (Å²) < 4.78 is 39.8. The van der Waals surface area contributed by atoms with E-state index >= 15 is 0 Å². The highest BCUT2D eigenvalue weighted by Gasteiger charge is 2.31. The van der Waals surface area contributed by atoms with Gasteiger partial charge in [0.1, 0.15) is 17.1 Å². The number of aryl methyl sites for hydroxylation is 1. The summed E-state index contributed by atoms with van der Waals surface area (Å²) in [5, 5.41) is 14.4. The van der Waals surface area contributed by atoms with Crippen LogP contribution in [0.2, 0.25) is 0 Å². The molecule has 152 valence electrons. The molecule has 4 rings (SSSR count). The first kappa shape index (κ1) is 19.7. The Hall–Kier alpha value is -3.61. The van der Waals surface area contributed by atoms with Gasteiger partial charge in [0.05, 0.1) is 5.56 Å². The van der Waals surface area contributed by atoms with E-state index in [1.165, 1.54) is 6.07 Å². The van der Waals surface area contributed by atoms with Gasteiger partial charge in [-0.15, -0.1) is 0 Å². The molecule has 2 N–H and O–H groups in total. The molecule has 0 aliphatic rings. The molecule has 0 saturated carbocycles. The Bertz CT molecular complexity index is 1220. The number of phenols is 1. The summed E-state index contributed by atoms with van der Waals surface area (Å²) in [6.07, 6.45) is -2.66. The Balaban J connectivity index is 1.76. The molecule has 0 saturated heterocycles. The zero-order valence-electron chi connectivity index (χ0n) is 16.0. The summed E-state index contributed by atoms with van der Waals surface area (Å²) in [6, 6.07) is 16.0. The molecule has 0 amide bonds. The first-order valence-electron chi connectivity index (χ1n) is 9.27. The molecule has 0 fully saturated rings. The highest BCUT2D eigenvalue weighted by atomic mass is 19.4. The Morgan fingerprint density at radius 1 is 0.967 bits per heavy atom. The third-order valence-electron chi connectivity index (χ3n) is 4.80. The largest absolute Gasteiger partial charge is 0.505 e. The number of halogens is 3. The van der Waals surface area contributed by atoms with E-state index in [1.54, 1.807) is 43.5 Å². The standard InChI is InChI=1S/C23H18F3N3O/c1-14-4-2-6-20(28-14)29-19-13-18(23(24,25)26)10-9-16(19)12-17-8-7-15-5-3-11-27-21(15)22(17)30/h2-11,13,30H,12H2,1H3,(H,28,29). The minimum Gasteiger partial charge on any atom is -0.505 e. The number of nitrogens with zero attached hydrogens (tertiary/aromatic N) is 2. The van der Waals surface area contributed by atoms with Crippen LogP contribution in [0.25, 0.3) is 10.9 Å². The minimum absolute atomic E-state index is 0.0210. The molecule has 2 aromatic carbocycles. The van der Waals surface area contributed by atoms with Crippen molar-refractivity contribution in [1.82, 2.24) is 9.97 Å². The minimum atomic E-state index is -4.47. The average Bonchev–Trinajstić information content (AvgIpc) is 2.71. The van der Waals surface area contributed by atoms with E-state index in [1.807, 2.05) is 12.1 Å². The summed E-state index contributed by atoms with van der Waals surface area (Å²) in [4.78, 5) is 8.52. The summed E-state index contributed by atoms with van der Waals surface area (Å²) in [7, 11) is 0. The maximum absolute atomic E-state index is 13.3. The predicted molar refractivity (Wildman–Crippen MR) is 110 cm³/mol. The van der Waals surface area contributed by atoms with Crippen molar-refractivity contribution in [3.05, 3.63) is 89.2 Å². The molecule has 4 nitrogen and oxygen atoms in total. The monoisotopic (exact) mass is 409 g/mol. The Kier molecular flexibility index (Phi) is 5.03. The van der Waals surface area contributed by atoms with E-state index in [9.17, 15) is 18.3 Å². The molecule has 2 aromatic heterocycles. The van der Waals surface area contributed by atoms with Crippen molar-refractivity contribution in [2.45, 2.75) is 19.5 Å². The van der Waals surface area contributed by atoms with Gasteiger partial charge in [0.15, 0.2) is 0 Å². The van der Waals surface area contributed by atoms with Crippen LogP contribution in [0.5, 0.6) is 5.75 Å². The van der Waals surface area contributed by atoms with Gasteiger partial charge in [-0.2, -0.15) is 13.2 Å². The van der Waals surface area contributed by atoms with Crippen molar-refractivity contribution in [1.29, 1.82) is 0 Å². The number of alkyl halides is 3.